The maximum absolute atomic E-state index is 7.97. The summed E-state index contributed by atoms with van der Waals surface area (Å²) < 4.78 is 6.23. The van der Waals surface area contributed by atoms with Crippen LogP contribution >= 0.6 is 15.9 Å². The van der Waals surface area contributed by atoms with Crippen molar-refractivity contribution in [2.75, 3.05) is 18.6 Å². The summed E-state index contributed by atoms with van der Waals surface area (Å²) in [6.45, 7) is 0.921. The van der Waals surface area contributed by atoms with E-state index in [1.165, 1.54) is 0 Å². The molecule has 1 saturated heterocycles. The minimum atomic E-state index is 0.695. The summed E-state index contributed by atoms with van der Waals surface area (Å²) in [5.74, 6) is 1.52. The molecule has 0 bridgehead atoms. The molecule has 1 aliphatic heterocycles. The number of piperidine rings is 1. The second kappa shape index (κ2) is 4.87. The first kappa shape index (κ1) is 11.5. The van der Waals surface area contributed by atoms with Crippen molar-refractivity contribution in [2.24, 2.45) is 0 Å². The van der Waals surface area contributed by atoms with Gasteiger partial charge in [-0.2, -0.15) is 0 Å². The van der Waals surface area contributed by atoms with Crippen molar-refractivity contribution in [2.45, 2.75) is 19.3 Å². The first-order chi connectivity index (χ1) is 7.72. The van der Waals surface area contributed by atoms with Gasteiger partial charge in [0.05, 0.1) is 12.8 Å². The normalized spacial score (nSPS) is 16.4. The molecule has 1 fully saturated rings. The van der Waals surface area contributed by atoms with Gasteiger partial charge in [-0.15, -0.1) is 0 Å². The van der Waals surface area contributed by atoms with Crippen LogP contribution in [0.25, 0.3) is 0 Å². The molecule has 2 rings (SSSR count). The maximum atomic E-state index is 7.97. The minimum Gasteiger partial charge on any atom is -0.497 e. The van der Waals surface area contributed by atoms with Gasteiger partial charge in [-0.25, -0.2) is 0 Å². The van der Waals surface area contributed by atoms with Crippen molar-refractivity contribution in [3.05, 3.63) is 22.7 Å². The molecular formula is C12H15BrN2O. The second-order valence-corrected chi connectivity index (χ2v) is 4.73. The molecule has 1 aromatic carbocycles. The summed E-state index contributed by atoms with van der Waals surface area (Å²) in [6.07, 6.45) is 3.13. The van der Waals surface area contributed by atoms with Crippen molar-refractivity contribution in [3.63, 3.8) is 0 Å². The van der Waals surface area contributed by atoms with Crippen LogP contribution in [0.1, 0.15) is 19.3 Å². The molecule has 0 saturated carbocycles. The van der Waals surface area contributed by atoms with Crippen LogP contribution in [0.3, 0.4) is 0 Å². The van der Waals surface area contributed by atoms with E-state index in [0.717, 1.165) is 41.7 Å². The molecule has 16 heavy (non-hydrogen) atoms. The monoisotopic (exact) mass is 282 g/mol. The average Bonchev–Trinajstić information content (AvgIpc) is 2.31. The number of hydrogen-bond donors (Lipinski definition) is 1. The molecular weight excluding hydrogens is 268 g/mol. The number of benzene rings is 1. The second-order valence-electron chi connectivity index (χ2n) is 3.87. The topological polar surface area (TPSA) is 36.3 Å². The van der Waals surface area contributed by atoms with Gasteiger partial charge in [-0.3, -0.25) is 5.41 Å². The highest BCUT2D eigenvalue weighted by Gasteiger charge is 2.19. The summed E-state index contributed by atoms with van der Waals surface area (Å²) in [5.41, 5.74) is 1.03. The first-order valence-corrected chi connectivity index (χ1v) is 6.20. The Labute approximate surface area is 104 Å². The maximum Gasteiger partial charge on any atom is 0.121 e. The molecule has 4 heteroatoms. The van der Waals surface area contributed by atoms with Gasteiger partial charge < -0.3 is 9.64 Å². The number of methoxy groups -OCH3 is 1. The van der Waals surface area contributed by atoms with E-state index in [2.05, 4.69) is 20.8 Å². The Morgan fingerprint density at radius 3 is 2.88 bits per heavy atom. The van der Waals surface area contributed by atoms with E-state index in [-0.39, 0.29) is 0 Å². The van der Waals surface area contributed by atoms with Crippen LogP contribution in [0.5, 0.6) is 5.75 Å². The van der Waals surface area contributed by atoms with E-state index >= 15 is 0 Å². The van der Waals surface area contributed by atoms with Gasteiger partial charge in [-0.05, 0) is 40.9 Å². The molecule has 86 valence electrons. The van der Waals surface area contributed by atoms with E-state index in [0.29, 0.717) is 5.84 Å². The van der Waals surface area contributed by atoms with Crippen LogP contribution in [-0.4, -0.2) is 19.5 Å². The molecule has 0 amide bonds. The number of amidine groups is 1. The third-order valence-electron chi connectivity index (χ3n) is 2.82. The molecule has 0 aromatic heterocycles. The fourth-order valence-corrected chi connectivity index (χ4v) is 2.39. The van der Waals surface area contributed by atoms with Gasteiger partial charge in [0, 0.05) is 23.5 Å². The van der Waals surface area contributed by atoms with Crippen molar-refractivity contribution < 1.29 is 4.74 Å². The smallest absolute Gasteiger partial charge is 0.121 e. The van der Waals surface area contributed by atoms with Gasteiger partial charge >= 0.3 is 0 Å². The average molecular weight is 283 g/mol. The van der Waals surface area contributed by atoms with Crippen LogP contribution in [-0.2, 0) is 0 Å². The predicted octanol–water partition coefficient (Wildman–Crippen LogP) is 3.43. The largest absolute Gasteiger partial charge is 0.497 e. The lowest BCUT2D eigenvalue weighted by Gasteiger charge is -2.30. The number of hydrogen-bond acceptors (Lipinski definition) is 2. The summed E-state index contributed by atoms with van der Waals surface area (Å²) in [5, 5.41) is 7.97. The van der Waals surface area contributed by atoms with Gasteiger partial charge in [0.2, 0.25) is 0 Å². The number of nitrogens with one attached hydrogen (secondary N) is 1. The lowest BCUT2D eigenvalue weighted by Crippen LogP contribution is -2.34. The Balaban J connectivity index is 2.33. The molecule has 1 heterocycles. The minimum absolute atomic E-state index is 0.695. The Morgan fingerprint density at radius 2 is 2.19 bits per heavy atom. The number of halogens is 1. The number of anilines is 1. The third kappa shape index (κ3) is 2.21. The summed E-state index contributed by atoms with van der Waals surface area (Å²) >= 11 is 3.53. The highest BCUT2D eigenvalue weighted by Crippen LogP contribution is 2.32. The zero-order chi connectivity index (χ0) is 11.5. The van der Waals surface area contributed by atoms with E-state index in [9.17, 15) is 0 Å². The predicted molar refractivity (Wildman–Crippen MR) is 69.6 cm³/mol. The highest BCUT2D eigenvalue weighted by molar-refractivity contribution is 9.10. The quantitative estimate of drug-likeness (QED) is 0.902. The van der Waals surface area contributed by atoms with E-state index < -0.39 is 0 Å². The molecule has 0 atom stereocenters. The highest BCUT2D eigenvalue weighted by atomic mass is 79.9. The molecule has 0 spiro atoms. The van der Waals surface area contributed by atoms with E-state index in [1.54, 1.807) is 7.11 Å². The zero-order valence-corrected chi connectivity index (χ0v) is 10.9. The number of rotatable bonds is 2. The molecule has 1 N–H and O–H groups in total. The van der Waals surface area contributed by atoms with Crippen LogP contribution in [0.2, 0.25) is 0 Å². The van der Waals surface area contributed by atoms with Gasteiger partial charge in [0.25, 0.3) is 0 Å². The summed E-state index contributed by atoms with van der Waals surface area (Å²) in [4.78, 5) is 2.05. The van der Waals surface area contributed by atoms with Crippen LogP contribution in [0, 0.1) is 5.41 Å². The molecule has 0 radical (unpaired) electrons. The van der Waals surface area contributed by atoms with Crippen molar-refractivity contribution in [3.8, 4) is 5.75 Å². The molecule has 3 nitrogen and oxygen atoms in total. The zero-order valence-electron chi connectivity index (χ0n) is 9.29. The van der Waals surface area contributed by atoms with Crippen molar-refractivity contribution >= 4 is 27.5 Å². The first-order valence-electron chi connectivity index (χ1n) is 5.41. The Hall–Kier alpha value is -1.03. The SMILES string of the molecule is COc1ccc(Br)c(N2CCCCC2=N)c1. The molecule has 0 unspecified atom stereocenters. The standard InChI is InChI=1S/C12H15BrN2O/c1-16-9-5-6-10(13)11(8-9)15-7-3-2-4-12(15)14/h5-6,8,14H,2-4,7H2,1H3. The molecule has 1 aromatic rings. The lowest BCUT2D eigenvalue weighted by molar-refractivity contribution is 0.415. The van der Waals surface area contributed by atoms with Crippen LogP contribution in [0.15, 0.2) is 22.7 Å². The van der Waals surface area contributed by atoms with Crippen molar-refractivity contribution in [1.82, 2.24) is 0 Å². The molecule has 0 aliphatic carbocycles. The number of nitrogens with zero attached hydrogens (tertiary/aromatic N) is 1. The Bertz CT molecular complexity index is 406. The van der Waals surface area contributed by atoms with Crippen LogP contribution < -0.4 is 9.64 Å². The van der Waals surface area contributed by atoms with Crippen LogP contribution in [0.4, 0.5) is 5.69 Å². The summed E-state index contributed by atoms with van der Waals surface area (Å²) in [6, 6.07) is 5.86. The fourth-order valence-electron chi connectivity index (χ4n) is 1.92. The summed E-state index contributed by atoms with van der Waals surface area (Å²) in [7, 11) is 1.66. The molecule has 1 aliphatic rings. The fraction of sp³-hybridized carbons (Fsp3) is 0.417. The third-order valence-corrected chi connectivity index (χ3v) is 3.49. The van der Waals surface area contributed by atoms with Gasteiger partial charge in [0.1, 0.15) is 11.6 Å². The van der Waals surface area contributed by atoms with Crippen molar-refractivity contribution in [1.29, 1.82) is 5.41 Å². The van der Waals surface area contributed by atoms with E-state index in [1.807, 2.05) is 18.2 Å². The Morgan fingerprint density at radius 1 is 1.38 bits per heavy atom. The number of ether oxygens (including phenoxy) is 1. The van der Waals surface area contributed by atoms with Gasteiger partial charge in [-0.1, -0.05) is 0 Å². The Kier molecular flexibility index (Phi) is 3.49. The van der Waals surface area contributed by atoms with Gasteiger partial charge in [0.15, 0.2) is 0 Å². The lowest BCUT2D eigenvalue weighted by atomic mass is 10.1. The van der Waals surface area contributed by atoms with E-state index in [4.69, 9.17) is 10.1 Å².